The highest BCUT2D eigenvalue weighted by Crippen LogP contribution is 2.24. The monoisotopic (exact) mass is 238 g/mol. The molecule has 5 nitrogen and oxygen atoms in total. The first-order valence-electron chi connectivity index (χ1n) is 6.01. The summed E-state index contributed by atoms with van der Waals surface area (Å²) < 4.78 is 5.04. The zero-order valence-corrected chi connectivity index (χ0v) is 10.2. The van der Waals surface area contributed by atoms with Gasteiger partial charge >= 0.3 is 5.97 Å². The van der Waals surface area contributed by atoms with Crippen molar-refractivity contribution < 1.29 is 14.4 Å². The molecule has 2 unspecified atom stereocenters. The van der Waals surface area contributed by atoms with Crippen LogP contribution >= 0.6 is 0 Å². The molecule has 0 radical (unpaired) electrons. The van der Waals surface area contributed by atoms with Gasteiger partial charge in [-0.15, -0.1) is 0 Å². The lowest BCUT2D eigenvalue weighted by Gasteiger charge is -2.37. The summed E-state index contributed by atoms with van der Waals surface area (Å²) in [5.41, 5.74) is -0.0160. The lowest BCUT2D eigenvalue weighted by atomic mass is 9.92. The van der Waals surface area contributed by atoms with E-state index in [9.17, 15) is 4.79 Å². The van der Waals surface area contributed by atoms with E-state index in [0.717, 1.165) is 6.54 Å². The lowest BCUT2D eigenvalue weighted by Crippen LogP contribution is -2.41. The molecule has 1 aromatic rings. The molecule has 1 N–H and O–H groups in total. The van der Waals surface area contributed by atoms with Crippen LogP contribution in [0.4, 0.5) is 0 Å². The summed E-state index contributed by atoms with van der Waals surface area (Å²) in [6.45, 7) is 6.14. The molecule has 0 amide bonds. The van der Waals surface area contributed by atoms with Crippen LogP contribution < -0.4 is 0 Å². The summed E-state index contributed by atoms with van der Waals surface area (Å²) in [5.74, 6) is 0.258. The van der Waals surface area contributed by atoms with Crippen molar-refractivity contribution in [2.75, 3.05) is 6.54 Å². The molecule has 17 heavy (non-hydrogen) atoms. The van der Waals surface area contributed by atoms with Crippen LogP contribution in [0.1, 0.15) is 42.9 Å². The van der Waals surface area contributed by atoms with E-state index < -0.39 is 5.97 Å². The second kappa shape index (κ2) is 4.87. The SMILES string of the molecule is CC1CCCN(Cc2cc(C(=O)O)no2)C1C. The quantitative estimate of drug-likeness (QED) is 0.872. The largest absolute Gasteiger partial charge is 0.476 e. The summed E-state index contributed by atoms with van der Waals surface area (Å²) >= 11 is 0. The minimum atomic E-state index is -1.04. The zero-order chi connectivity index (χ0) is 12.4. The molecule has 1 aliphatic rings. The standard InChI is InChI=1S/C12H18N2O3/c1-8-4-3-5-14(9(8)2)7-10-6-11(12(15)16)13-17-10/h6,8-9H,3-5,7H2,1-2H3,(H,15,16). The summed E-state index contributed by atoms with van der Waals surface area (Å²) in [7, 11) is 0. The third-order valence-electron chi connectivity index (χ3n) is 3.64. The maximum atomic E-state index is 10.7. The Balaban J connectivity index is 2.01. The van der Waals surface area contributed by atoms with E-state index in [4.69, 9.17) is 9.63 Å². The molecule has 0 aliphatic carbocycles. The van der Waals surface area contributed by atoms with E-state index in [1.807, 2.05) is 0 Å². The van der Waals surface area contributed by atoms with Crippen molar-refractivity contribution in [2.24, 2.45) is 5.92 Å². The summed E-state index contributed by atoms with van der Waals surface area (Å²) in [6, 6.07) is 2.01. The molecule has 0 saturated carbocycles. The summed E-state index contributed by atoms with van der Waals surface area (Å²) in [6.07, 6.45) is 2.44. The molecule has 1 aromatic heterocycles. The maximum Gasteiger partial charge on any atom is 0.358 e. The molecule has 1 saturated heterocycles. The first-order valence-corrected chi connectivity index (χ1v) is 6.01. The average Bonchev–Trinajstić information content (AvgIpc) is 2.73. The number of hydrogen-bond acceptors (Lipinski definition) is 4. The first-order chi connectivity index (χ1) is 8.08. The van der Waals surface area contributed by atoms with Crippen molar-refractivity contribution in [1.82, 2.24) is 10.1 Å². The lowest BCUT2D eigenvalue weighted by molar-refractivity contribution is 0.0685. The van der Waals surface area contributed by atoms with Crippen LogP contribution in [0.5, 0.6) is 0 Å². The van der Waals surface area contributed by atoms with E-state index in [0.29, 0.717) is 24.3 Å². The third-order valence-corrected chi connectivity index (χ3v) is 3.64. The van der Waals surface area contributed by atoms with Crippen molar-refractivity contribution in [3.05, 3.63) is 17.5 Å². The van der Waals surface area contributed by atoms with E-state index in [1.165, 1.54) is 18.9 Å². The fourth-order valence-corrected chi connectivity index (χ4v) is 2.33. The number of hydrogen-bond donors (Lipinski definition) is 1. The summed E-state index contributed by atoms with van der Waals surface area (Å²) in [4.78, 5) is 13.0. The fourth-order valence-electron chi connectivity index (χ4n) is 2.33. The van der Waals surface area contributed by atoms with Gasteiger partial charge in [0.15, 0.2) is 11.5 Å². The summed E-state index contributed by atoms with van der Waals surface area (Å²) in [5, 5.41) is 12.3. The van der Waals surface area contributed by atoms with Gasteiger partial charge in [-0.25, -0.2) is 4.79 Å². The number of carboxylic acid groups (broad SMARTS) is 1. The number of likely N-dealkylation sites (tertiary alicyclic amines) is 1. The molecule has 0 aromatic carbocycles. The van der Waals surface area contributed by atoms with Gasteiger partial charge in [0.25, 0.3) is 0 Å². The first kappa shape index (κ1) is 12.1. The van der Waals surface area contributed by atoms with E-state index in [1.54, 1.807) is 0 Å². The minimum absolute atomic E-state index is 0.0160. The zero-order valence-electron chi connectivity index (χ0n) is 10.2. The average molecular weight is 238 g/mol. The molecule has 2 rings (SSSR count). The number of aromatic nitrogens is 1. The second-order valence-corrected chi connectivity index (χ2v) is 4.81. The van der Waals surface area contributed by atoms with Crippen LogP contribution in [0.2, 0.25) is 0 Å². The van der Waals surface area contributed by atoms with Crippen LogP contribution in [0.3, 0.4) is 0 Å². The number of piperidine rings is 1. The normalized spacial score (nSPS) is 26.0. The molecule has 2 atom stereocenters. The van der Waals surface area contributed by atoms with Crippen LogP contribution in [-0.2, 0) is 6.54 Å². The predicted octanol–water partition coefficient (Wildman–Crippen LogP) is 1.99. The highest BCUT2D eigenvalue weighted by Gasteiger charge is 2.25. The molecule has 1 fully saturated rings. The molecule has 1 aliphatic heterocycles. The second-order valence-electron chi connectivity index (χ2n) is 4.81. The van der Waals surface area contributed by atoms with E-state index >= 15 is 0 Å². The molecule has 94 valence electrons. The smallest absolute Gasteiger partial charge is 0.358 e. The van der Waals surface area contributed by atoms with Gasteiger partial charge in [-0.3, -0.25) is 4.90 Å². The highest BCUT2D eigenvalue weighted by molar-refractivity contribution is 5.85. The van der Waals surface area contributed by atoms with Crippen molar-refractivity contribution >= 4 is 5.97 Å². The topological polar surface area (TPSA) is 66.6 Å². The molecule has 5 heteroatoms. The maximum absolute atomic E-state index is 10.7. The van der Waals surface area contributed by atoms with Crippen LogP contribution in [0, 0.1) is 5.92 Å². The van der Waals surface area contributed by atoms with Crippen LogP contribution in [-0.4, -0.2) is 33.7 Å². The van der Waals surface area contributed by atoms with Gasteiger partial charge in [0.05, 0.1) is 6.54 Å². The Morgan fingerprint density at radius 3 is 3.06 bits per heavy atom. The Morgan fingerprint density at radius 1 is 1.65 bits per heavy atom. The molecule has 2 heterocycles. The Kier molecular flexibility index (Phi) is 3.47. The van der Waals surface area contributed by atoms with Gasteiger partial charge in [-0.05, 0) is 32.2 Å². The van der Waals surface area contributed by atoms with Crippen LogP contribution in [0.25, 0.3) is 0 Å². The van der Waals surface area contributed by atoms with E-state index in [2.05, 4.69) is 23.9 Å². The number of nitrogens with zero attached hydrogens (tertiary/aromatic N) is 2. The number of carbonyl (C=O) groups is 1. The fraction of sp³-hybridized carbons (Fsp3) is 0.667. The van der Waals surface area contributed by atoms with Crippen LogP contribution in [0.15, 0.2) is 10.6 Å². The minimum Gasteiger partial charge on any atom is -0.476 e. The molecule has 0 bridgehead atoms. The predicted molar refractivity (Wildman–Crippen MR) is 61.7 cm³/mol. The Labute approximate surface area is 100 Å². The highest BCUT2D eigenvalue weighted by atomic mass is 16.5. The van der Waals surface area contributed by atoms with Crippen molar-refractivity contribution in [3.63, 3.8) is 0 Å². The number of carboxylic acids is 1. The van der Waals surface area contributed by atoms with Crippen molar-refractivity contribution in [2.45, 2.75) is 39.3 Å². The van der Waals surface area contributed by atoms with E-state index in [-0.39, 0.29) is 5.69 Å². The van der Waals surface area contributed by atoms with Gasteiger partial charge in [-0.1, -0.05) is 12.1 Å². The van der Waals surface area contributed by atoms with Gasteiger partial charge in [0.2, 0.25) is 0 Å². The Bertz CT molecular complexity index is 402. The molecule has 0 spiro atoms. The molecular formula is C12H18N2O3. The Morgan fingerprint density at radius 2 is 2.41 bits per heavy atom. The number of rotatable bonds is 3. The Hall–Kier alpha value is -1.36. The van der Waals surface area contributed by atoms with Gasteiger partial charge in [0.1, 0.15) is 0 Å². The number of aromatic carboxylic acids is 1. The van der Waals surface area contributed by atoms with Crippen molar-refractivity contribution in [3.8, 4) is 0 Å². The molecular weight excluding hydrogens is 220 g/mol. The third kappa shape index (κ3) is 2.66. The van der Waals surface area contributed by atoms with Gasteiger partial charge < -0.3 is 9.63 Å². The van der Waals surface area contributed by atoms with Crippen molar-refractivity contribution in [1.29, 1.82) is 0 Å². The van der Waals surface area contributed by atoms with Gasteiger partial charge in [0, 0.05) is 12.1 Å². The van der Waals surface area contributed by atoms with Gasteiger partial charge in [-0.2, -0.15) is 0 Å².